The molecule has 0 bridgehead atoms. The molecule has 1 aliphatic rings. The number of aliphatic hydroxyl groups is 1. The maximum Gasteiger partial charge on any atom is 0.416 e. The Balaban J connectivity index is 0.000000387. The van der Waals surface area contributed by atoms with Gasteiger partial charge >= 0.3 is 6.18 Å². The van der Waals surface area contributed by atoms with Crippen molar-refractivity contribution in [3.63, 3.8) is 0 Å². The van der Waals surface area contributed by atoms with Crippen LogP contribution in [0.15, 0.2) is 61.1 Å². The number of benzene rings is 1. The van der Waals surface area contributed by atoms with Crippen LogP contribution in [0.5, 0.6) is 0 Å². The van der Waals surface area contributed by atoms with E-state index >= 15 is 0 Å². The Kier molecular flexibility index (Phi) is 8.55. The fraction of sp³-hybridized carbons (Fsp3) is 0.238. The predicted molar refractivity (Wildman–Crippen MR) is 102 cm³/mol. The van der Waals surface area contributed by atoms with E-state index < -0.39 is 23.7 Å². The Bertz CT molecular complexity index is 893. The van der Waals surface area contributed by atoms with Crippen molar-refractivity contribution >= 4 is 11.4 Å². The molecule has 0 radical (unpaired) electrons. The zero-order valence-electron chi connectivity index (χ0n) is 15.9. The average molecular weight is 408 g/mol. The molecular weight excluding hydrogens is 388 g/mol. The molecule has 29 heavy (non-hydrogen) atoms. The lowest BCUT2D eigenvalue weighted by molar-refractivity contribution is -0.137. The highest BCUT2D eigenvalue weighted by Gasteiger charge is 2.31. The third-order valence-electron chi connectivity index (χ3n) is 3.81. The zero-order valence-corrected chi connectivity index (χ0v) is 15.9. The summed E-state index contributed by atoms with van der Waals surface area (Å²) in [6.07, 6.45) is 1.51. The van der Waals surface area contributed by atoms with Gasteiger partial charge in [0.1, 0.15) is 11.9 Å². The van der Waals surface area contributed by atoms with Crippen LogP contribution in [-0.4, -0.2) is 35.5 Å². The van der Waals surface area contributed by atoms with Crippen LogP contribution in [0.1, 0.15) is 23.6 Å². The molecule has 0 saturated carbocycles. The van der Waals surface area contributed by atoms with Crippen molar-refractivity contribution in [1.29, 1.82) is 5.26 Å². The molecule has 0 fully saturated rings. The molecule has 154 valence electrons. The number of likely N-dealkylation sites (N-methyl/N-ethyl adjacent to an activating group) is 1. The third kappa shape index (κ3) is 6.73. The van der Waals surface area contributed by atoms with Gasteiger partial charge < -0.3 is 10.0 Å². The first-order chi connectivity index (χ1) is 13.5. The van der Waals surface area contributed by atoms with E-state index in [9.17, 15) is 22.4 Å². The molecule has 0 aliphatic carbocycles. The van der Waals surface area contributed by atoms with Crippen LogP contribution >= 0.6 is 0 Å². The highest BCUT2D eigenvalue weighted by molar-refractivity contribution is 5.94. The van der Waals surface area contributed by atoms with Crippen LogP contribution in [0.3, 0.4) is 0 Å². The topological polar surface area (TPSA) is 64.3 Å². The number of hydrogen-bond acceptors (Lipinski definition) is 4. The molecule has 0 spiro atoms. The molecule has 1 atom stereocenters. The lowest BCUT2D eigenvalue weighted by atomic mass is 9.96. The van der Waals surface area contributed by atoms with Crippen LogP contribution in [0.2, 0.25) is 0 Å². The van der Waals surface area contributed by atoms with Crippen LogP contribution in [0.4, 0.5) is 17.6 Å². The zero-order chi connectivity index (χ0) is 22.2. The summed E-state index contributed by atoms with van der Waals surface area (Å²) in [4.78, 5) is 12.3. The molecule has 0 amide bonds. The Morgan fingerprint density at radius 3 is 2.52 bits per heavy atom. The predicted octanol–water partition coefficient (Wildman–Crippen LogP) is 4.40. The summed E-state index contributed by atoms with van der Waals surface area (Å²) < 4.78 is 51.5. The summed E-state index contributed by atoms with van der Waals surface area (Å²) in [5.74, 6) is -0.910. The lowest BCUT2D eigenvalue weighted by Gasteiger charge is -2.20. The number of carbonyl (C=O) groups is 1. The van der Waals surface area contributed by atoms with Crippen LogP contribution < -0.4 is 0 Å². The number of nitrogens with zero attached hydrogens (tertiary/aromatic N) is 2. The van der Waals surface area contributed by atoms with Crippen LogP contribution in [0, 0.1) is 11.3 Å². The van der Waals surface area contributed by atoms with Crippen molar-refractivity contribution < 1.29 is 27.5 Å². The maximum atomic E-state index is 13.7. The highest BCUT2D eigenvalue weighted by Crippen LogP contribution is 2.33. The average Bonchev–Trinajstić information content (AvgIpc) is 2.68. The van der Waals surface area contributed by atoms with Crippen LogP contribution in [-0.2, 0) is 11.0 Å². The van der Waals surface area contributed by atoms with E-state index in [4.69, 9.17) is 10.4 Å². The normalized spacial score (nSPS) is 17.4. The summed E-state index contributed by atoms with van der Waals surface area (Å²) in [5, 5.41) is 17.9. The molecular formula is C21H20F4N2O2. The second kappa shape index (κ2) is 10.4. The molecule has 2 rings (SSSR count). The second-order valence-electron chi connectivity index (χ2n) is 6.01. The summed E-state index contributed by atoms with van der Waals surface area (Å²) in [6, 6.07) is 4.26. The van der Waals surface area contributed by atoms with Gasteiger partial charge in [-0.3, -0.25) is 4.79 Å². The summed E-state index contributed by atoms with van der Waals surface area (Å²) >= 11 is 0. The van der Waals surface area contributed by atoms with E-state index in [0.717, 1.165) is 18.2 Å². The lowest BCUT2D eigenvalue weighted by Crippen LogP contribution is -2.34. The minimum Gasteiger partial charge on any atom is -0.383 e. The summed E-state index contributed by atoms with van der Waals surface area (Å²) in [5.41, 5.74) is -1.08. The maximum absolute atomic E-state index is 13.7. The smallest absolute Gasteiger partial charge is 0.383 e. The van der Waals surface area contributed by atoms with Gasteiger partial charge in [0.25, 0.3) is 0 Å². The van der Waals surface area contributed by atoms with Gasteiger partial charge in [0.2, 0.25) is 0 Å². The van der Waals surface area contributed by atoms with Crippen molar-refractivity contribution in [2.45, 2.75) is 19.2 Å². The number of nitriles is 1. The van der Waals surface area contributed by atoms with E-state index in [1.807, 2.05) is 7.05 Å². The van der Waals surface area contributed by atoms with Crippen molar-refractivity contribution in [3.8, 4) is 6.07 Å². The molecule has 4 nitrogen and oxygen atoms in total. The number of hydrogen-bond donors (Lipinski definition) is 1. The molecule has 8 heteroatoms. The number of ketones is 1. The summed E-state index contributed by atoms with van der Waals surface area (Å²) in [7, 11) is 1.81. The number of rotatable bonds is 3. The van der Waals surface area contributed by atoms with Gasteiger partial charge in [-0.25, -0.2) is 4.39 Å². The van der Waals surface area contributed by atoms with E-state index in [0.29, 0.717) is 12.6 Å². The molecule has 1 aromatic carbocycles. The van der Waals surface area contributed by atoms with Crippen molar-refractivity contribution in [1.82, 2.24) is 4.90 Å². The molecule has 1 unspecified atom stereocenters. The van der Waals surface area contributed by atoms with Gasteiger partial charge in [-0.05, 0) is 31.2 Å². The standard InChI is InChI=1S/C15H11F4N.C6H9NO2/c1-3-5-13(14(16)4-2)12-7-6-11(15(17,18)19)8-10(12)9-20;1-7-3-2-5(8)6(9)4-7/h3-8H,2H2,1H3;2-3,6,9H,4H2,1H3/b5-3-,14-13-;. The first-order valence-corrected chi connectivity index (χ1v) is 8.42. The Morgan fingerprint density at radius 1 is 1.41 bits per heavy atom. The van der Waals surface area contributed by atoms with E-state index in [2.05, 4.69) is 6.58 Å². The molecule has 1 aromatic rings. The van der Waals surface area contributed by atoms with Crippen molar-refractivity contribution in [3.05, 3.63) is 77.8 Å². The second-order valence-corrected chi connectivity index (χ2v) is 6.01. The van der Waals surface area contributed by atoms with Gasteiger partial charge in [-0.1, -0.05) is 24.8 Å². The number of aliphatic hydroxyl groups excluding tert-OH is 1. The van der Waals surface area contributed by atoms with E-state index in [1.165, 1.54) is 18.2 Å². The van der Waals surface area contributed by atoms with Gasteiger partial charge in [0, 0.05) is 24.4 Å². The van der Waals surface area contributed by atoms with Crippen LogP contribution in [0.25, 0.3) is 5.57 Å². The molecule has 0 saturated heterocycles. The van der Waals surface area contributed by atoms with Gasteiger partial charge in [0.15, 0.2) is 5.78 Å². The highest BCUT2D eigenvalue weighted by atomic mass is 19.4. The quantitative estimate of drug-likeness (QED) is 0.595. The molecule has 1 aliphatic heterocycles. The number of halogens is 4. The first kappa shape index (κ1) is 23.9. The van der Waals surface area contributed by atoms with E-state index in [1.54, 1.807) is 24.1 Å². The number of carbonyl (C=O) groups excluding carboxylic acids is 1. The summed E-state index contributed by atoms with van der Waals surface area (Å²) in [6.45, 7) is 5.32. The third-order valence-corrected chi connectivity index (χ3v) is 3.81. The fourth-order valence-electron chi connectivity index (χ4n) is 2.36. The van der Waals surface area contributed by atoms with Gasteiger partial charge in [0.05, 0.1) is 23.7 Å². The minimum atomic E-state index is -4.55. The largest absolute Gasteiger partial charge is 0.416 e. The fourth-order valence-corrected chi connectivity index (χ4v) is 2.36. The Labute approximate surface area is 166 Å². The molecule has 1 heterocycles. The SMILES string of the molecule is C=C/C(F)=C(\C=C/C)c1ccc(C(F)(F)F)cc1C#N.CN1C=CC(=O)C(O)C1. The minimum absolute atomic E-state index is 0.0211. The Hall–Kier alpha value is -3.18. The number of β-amino-alcohol motifs (C(OH)–C–C–N with tert-alkyl or cyclic N) is 1. The number of allylic oxidation sites excluding steroid dienone is 5. The number of alkyl halides is 3. The van der Waals surface area contributed by atoms with Crippen molar-refractivity contribution in [2.24, 2.45) is 0 Å². The van der Waals surface area contributed by atoms with Gasteiger partial charge in [-0.2, -0.15) is 18.4 Å². The van der Waals surface area contributed by atoms with Crippen molar-refractivity contribution in [2.75, 3.05) is 13.6 Å². The molecule has 1 N–H and O–H groups in total. The van der Waals surface area contributed by atoms with E-state index in [-0.39, 0.29) is 22.5 Å². The van der Waals surface area contributed by atoms with Gasteiger partial charge in [-0.15, -0.1) is 0 Å². The Morgan fingerprint density at radius 2 is 2.07 bits per heavy atom. The monoisotopic (exact) mass is 408 g/mol. The molecule has 0 aromatic heterocycles. The first-order valence-electron chi connectivity index (χ1n) is 8.42.